The van der Waals surface area contributed by atoms with Crippen LogP contribution < -0.4 is 5.32 Å². The first kappa shape index (κ1) is 14.2. The monoisotopic (exact) mass is 278 g/mol. The summed E-state index contributed by atoms with van der Waals surface area (Å²) < 4.78 is 13.5. The van der Waals surface area contributed by atoms with Gasteiger partial charge in [0.1, 0.15) is 5.82 Å². The number of nitrogens with zero attached hydrogens (tertiary/aromatic N) is 1. The minimum absolute atomic E-state index is 0.127. The van der Waals surface area contributed by atoms with Gasteiger partial charge in [0.15, 0.2) is 0 Å². The van der Waals surface area contributed by atoms with Gasteiger partial charge in [0.2, 0.25) is 0 Å². The Hall–Kier alpha value is -1.26. The standard InChI is InChI=1S/C15H19FN2S/c1-10(15-11(2)19-12(3)18-15)17-9-8-13-6-4-5-7-14(13)16/h4-7,10,17H,8-9H2,1-3H3. The van der Waals surface area contributed by atoms with Crippen LogP contribution >= 0.6 is 11.3 Å². The molecule has 0 aliphatic carbocycles. The van der Waals surface area contributed by atoms with Crippen LogP contribution in [-0.2, 0) is 6.42 Å². The summed E-state index contributed by atoms with van der Waals surface area (Å²) in [6.45, 7) is 6.96. The number of thiazole rings is 1. The highest BCUT2D eigenvalue weighted by Gasteiger charge is 2.12. The Labute approximate surface area is 117 Å². The van der Waals surface area contributed by atoms with Crippen LogP contribution in [-0.4, -0.2) is 11.5 Å². The van der Waals surface area contributed by atoms with Crippen LogP contribution in [0.4, 0.5) is 4.39 Å². The second-order valence-electron chi connectivity index (χ2n) is 4.69. The molecule has 2 rings (SSSR count). The Morgan fingerprint density at radius 1 is 1.32 bits per heavy atom. The number of hydrogen-bond acceptors (Lipinski definition) is 3. The lowest BCUT2D eigenvalue weighted by Gasteiger charge is -2.12. The molecule has 1 unspecified atom stereocenters. The molecule has 0 aliphatic heterocycles. The molecule has 0 saturated heterocycles. The number of nitrogens with one attached hydrogen (secondary N) is 1. The van der Waals surface area contributed by atoms with E-state index >= 15 is 0 Å². The van der Waals surface area contributed by atoms with Crippen molar-refractivity contribution in [3.63, 3.8) is 0 Å². The molecular weight excluding hydrogens is 259 g/mol. The topological polar surface area (TPSA) is 24.9 Å². The smallest absolute Gasteiger partial charge is 0.126 e. The summed E-state index contributed by atoms with van der Waals surface area (Å²) in [5, 5.41) is 4.50. The fourth-order valence-corrected chi connectivity index (χ4v) is 3.08. The van der Waals surface area contributed by atoms with E-state index in [9.17, 15) is 4.39 Å². The average molecular weight is 278 g/mol. The first-order valence-electron chi connectivity index (χ1n) is 6.48. The average Bonchev–Trinajstić information content (AvgIpc) is 2.71. The molecule has 0 amide bonds. The number of halogens is 1. The molecule has 0 bridgehead atoms. The van der Waals surface area contributed by atoms with Crippen molar-refractivity contribution in [3.8, 4) is 0 Å². The number of hydrogen-bond donors (Lipinski definition) is 1. The first-order chi connectivity index (χ1) is 9.08. The molecule has 2 nitrogen and oxygen atoms in total. The molecule has 19 heavy (non-hydrogen) atoms. The van der Waals surface area contributed by atoms with Crippen molar-refractivity contribution in [2.45, 2.75) is 33.2 Å². The van der Waals surface area contributed by atoms with E-state index in [1.54, 1.807) is 17.4 Å². The summed E-state index contributed by atoms with van der Waals surface area (Å²) in [5.41, 5.74) is 1.87. The fourth-order valence-electron chi connectivity index (χ4n) is 2.17. The second kappa shape index (κ2) is 6.26. The molecule has 4 heteroatoms. The van der Waals surface area contributed by atoms with Gasteiger partial charge < -0.3 is 5.32 Å². The van der Waals surface area contributed by atoms with Crippen molar-refractivity contribution < 1.29 is 4.39 Å². The molecule has 0 aliphatic rings. The van der Waals surface area contributed by atoms with Crippen LogP contribution in [0.25, 0.3) is 0 Å². The van der Waals surface area contributed by atoms with Gasteiger partial charge in [-0.2, -0.15) is 0 Å². The molecule has 102 valence electrons. The lowest BCUT2D eigenvalue weighted by atomic mass is 10.1. The molecule has 0 fully saturated rings. The van der Waals surface area contributed by atoms with Gasteiger partial charge in [-0.05, 0) is 45.4 Å². The maximum atomic E-state index is 13.5. The molecule has 2 aromatic rings. The molecule has 0 spiro atoms. The summed E-state index contributed by atoms with van der Waals surface area (Å²) in [6, 6.07) is 7.13. The SMILES string of the molecule is Cc1nc(C(C)NCCc2ccccc2F)c(C)s1. The molecular formula is C15H19FN2S. The van der Waals surface area contributed by atoms with Crippen LogP contribution in [0.15, 0.2) is 24.3 Å². The highest BCUT2D eigenvalue weighted by Crippen LogP contribution is 2.22. The van der Waals surface area contributed by atoms with Crippen molar-refractivity contribution in [3.05, 3.63) is 51.2 Å². The first-order valence-corrected chi connectivity index (χ1v) is 7.30. The largest absolute Gasteiger partial charge is 0.308 e. The Balaban J connectivity index is 1.89. The van der Waals surface area contributed by atoms with Gasteiger partial charge in [-0.1, -0.05) is 18.2 Å². The van der Waals surface area contributed by atoms with Crippen molar-refractivity contribution in [2.24, 2.45) is 0 Å². The van der Waals surface area contributed by atoms with Crippen LogP contribution in [0.5, 0.6) is 0 Å². The highest BCUT2D eigenvalue weighted by molar-refractivity contribution is 7.11. The second-order valence-corrected chi connectivity index (χ2v) is 6.10. The van der Waals surface area contributed by atoms with E-state index in [0.29, 0.717) is 6.42 Å². The molecule has 1 heterocycles. The molecule has 1 aromatic carbocycles. The van der Waals surface area contributed by atoms with E-state index < -0.39 is 0 Å². The zero-order chi connectivity index (χ0) is 13.8. The van der Waals surface area contributed by atoms with E-state index in [4.69, 9.17) is 0 Å². The minimum Gasteiger partial charge on any atom is -0.308 e. The van der Waals surface area contributed by atoms with Crippen molar-refractivity contribution in [1.82, 2.24) is 10.3 Å². The third-order valence-corrected chi connectivity index (χ3v) is 4.05. The number of rotatable bonds is 5. The lowest BCUT2D eigenvalue weighted by molar-refractivity contribution is 0.550. The molecule has 1 N–H and O–H groups in total. The summed E-state index contributed by atoms with van der Waals surface area (Å²) in [5.74, 6) is -0.127. The van der Waals surface area contributed by atoms with Gasteiger partial charge in [0, 0.05) is 10.9 Å². The maximum Gasteiger partial charge on any atom is 0.126 e. The van der Waals surface area contributed by atoms with Gasteiger partial charge in [-0.15, -0.1) is 11.3 Å². The zero-order valence-electron chi connectivity index (χ0n) is 11.5. The fraction of sp³-hybridized carbons (Fsp3) is 0.400. The predicted octanol–water partition coefficient (Wildman–Crippen LogP) is 3.79. The molecule has 1 aromatic heterocycles. The maximum absolute atomic E-state index is 13.5. The molecule has 1 atom stereocenters. The van der Waals surface area contributed by atoms with E-state index in [0.717, 1.165) is 22.8 Å². The number of aryl methyl sites for hydroxylation is 2. The zero-order valence-corrected chi connectivity index (χ0v) is 12.4. The van der Waals surface area contributed by atoms with Crippen LogP contribution in [0.2, 0.25) is 0 Å². The summed E-state index contributed by atoms with van der Waals surface area (Å²) in [4.78, 5) is 5.79. The summed E-state index contributed by atoms with van der Waals surface area (Å²) in [6.07, 6.45) is 0.694. The van der Waals surface area contributed by atoms with Crippen molar-refractivity contribution in [2.75, 3.05) is 6.54 Å². The minimum atomic E-state index is -0.127. The van der Waals surface area contributed by atoms with E-state index in [1.165, 1.54) is 10.9 Å². The Kier molecular flexibility index (Phi) is 4.66. The third-order valence-electron chi connectivity index (χ3n) is 3.15. The predicted molar refractivity (Wildman–Crippen MR) is 78.1 cm³/mol. The van der Waals surface area contributed by atoms with Gasteiger partial charge in [-0.3, -0.25) is 0 Å². The van der Waals surface area contributed by atoms with Gasteiger partial charge in [-0.25, -0.2) is 9.37 Å². The highest BCUT2D eigenvalue weighted by atomic mass is 32.1. The Morgan fingerprint density at radius 3 is 2.68 bits per heavy atom. The van der Waals surface area contributed by atoms with E-state index in [1.807, 2.05) is 19.1 Å². The third kappa shape index (κ3) is 3.61. The normalized spacial score (nSPS) is 12.6. The number of benzene rings is 1. The summed E-state index contributed by atoms with van der Waals surface area (Å²) >= 11 is 1.72. The van der Waals surface area contributed by atoms with Crippen LogP contribution in [0.3, 0.4) is 0 Å². The molecule has 0 radical (unpaired) electrons. The van der Waals surface area contributed by atoms with Crippen molar-refractivity contribution in [1.29, 1.82) is 0 Å². The van der Waals surface area contributed by atoms with Gasteiger partial charge >= 0.3 is 0 Å². The van der Waals surface area contributed by atoms with Gasteiger partial charge in [0.25, 0.3) is 0 Å². The summed E-state index contributed by atoms with van der Waals surface area (Å²) in [7, 11) is 0. The number of aromatic nitrogens is 1. The van der Waals surface area contributed by atoms with Crippen molar-refractivity contribution >= 4 is 11.3 Å². The van der Waals surface area contributed by atoms with Crippen LogP contribution in [0.1, 0.15) is 34.1 Å². The quantitative estimate of drug-likeness (QED) is 0.900. The Morgan fingerprint density at radius 2 is 2.05 bits per heavy atom. The van der Waals surface area contributed by atoms with E-state index in [-0.39, 0.29) is 11.9 Å². The van der Waals surface area contributed by atoms with Crippen LogP contribution in [0, 0.1) is 19.7 Å². The Bertz CT molecular complexity index is 551. The van der Waals surface area contributed by atoms with E-state index in [2.05, 4.69) is 24.1 Å². The van der Waals surface area contributed by atoms with Gasteiger partial charge in [0.05, 0.1) is 10.7 Å². The lowest BCUT2D eigenvalue weighted by Crippen LogP contribution is -2.22. The molecule has 0 saturated carbocycles.